The minimum Gasteiger partial charge on any atom is -0.490 e. The maximum Gasteiger partial charge on any atom is 0.236 e. The van der Waals surface area contributed by atoms with E-state index >= 15 is 0 Å². The Bertz CT molecular complexity index is 666. The number of nitrogens with zero attached hydrogens (tertiary/aromatic N) is 1. The Kier molecular flexibility index (Phi) is 6.17. The summed E-state index contributed by atoms with van der Waals surface area (Å²) in [5, 5.41) is 3.82. The first-order valence-electron chi connectivity index (χ1n) is 7.35. The monoisotopic (exact) mass is 312 g/mol. The van der Waals surface area contributed by atoms with Gasteiger partial charge in [0.05, 0.1) is 6.21 Å². The minimum atomic E-state index is -0.207. The van der Waals surface area contributed by atoms with Crippen LogP contribution in [0.5, 0.6) is 11.5 Å². The van der Waals surface area contributed by atoms with Gasteiger partial charge in [-0.2, -0.15) is 5.10 Å². The van der Waals surface area contributed by atoms with E-state index in [0.29, 0.717) is 13.2 Å². The van der Waals surface area contributed by atoms with Gasteiger partial charge in [-0.1, -0.05) is 29.8 Å². The smallest absolute Gasteiger partial charge is 0.236 e. The second-order valence-electron chi connectivity index (χ2n) is 5.01. The Morgan fingerprint density at radius 2 is 1.78 bits per heavy atom. The van der Waals surface area contributed by atoms with E-state index in [4.69, 9.17) is 9.47 Å². The predicted octanol–water partition coefficient (Wildman–Crippen LogP) is 2.92. The molecule has 0 radical (unpaired) electrons. The van der Waals surface area contributed by atoms with E-state index < -0.39 is 0 Å². The van der Waals surface area contributed by atoms with Crippen LogP contribution >= 0.6 is 0 Å². The first-order chi connectivity index (χ1) is 11.1. The van der Waals surface area contributed by atoms with Crippen molar-refractivity contribution in [1.82, 2.24) is 5.43 Å². The molecule has 0 heterocycles. The van der Waals surface area contributed by atoms with E-state index in [9.17, 15) is 4.79 Å². The maximum absolute atomic E-state index is 10.7. The summed E-state index contributed by atoms with van der Waals surface area (Å²) < 4.78 is 11.3. The quantitative estimate of drug-likeness (QED) is 0.486. The van der Waals surface area contributed by atoms with Gasteiger partial charge < -0.3 is 9.47 Å². The van der Waals surface area contributed by atoms with Gasteiger partial charge in [-0.05, 0) is 36.8 Å². The van der Waals surface area contributed by atoms with Gasteiger partial charge in [0, 0.05) is 6.92 Å². The number of aryl methyl sites for hydroxylation is 1. The van der Waals surface area contributed by atoms with Crippen LogP contribution in [0.3, 0.4) is 0 Å². The molecule has 0 atom stereocenters. The molecule has 23 heavy (non-hydrogen) atoms. The van der Waals surface area contributed by atoms with Crippen molar-refractivity contribution in [2.75, 3.05) is 13.2 Å². The molecule has 0 aromatic heterocycles. The Hall–Kier alpha value is -2.82. The van der Waals surface area contributed by atoms with E-state index in [0.717, 1.165) is 17.1 Å². The van der Waals surface area contributed by atoms with E-state index in [1.165, 1.54) is 12.5 Å². The number of hydrazone groups is 1. The molecule has 2 rings (SSSR count). The zero-order valence-electron chi connectivity index (χ0n) is 13.3. The van der Waals surface area contributed by atoms with Gasteiger partial charge in [0.15, 0.2) is 0 Å². The predicted molar refractivity (Wildman–Crippen MR) is 90.0 cm³/mol. The number of hydrogen-bond donors (Lipinski definition) is 1. The third kappa shape index (κ3) is 6.22. The third-order valence-corrected chi connectivity index (χ3v) is 2.94. The highest BCUT2D eigenvalue weighted by Crippen LogP contribution is 2.13. The van der Waals surface area contributed by atoms with E-state index in [1.807, 2.05) is 55.5 Å². The standard InChI is InChI=1S/C18H20N2O3/c1-14-6-8-17(9-7-14)22-10-11-23-18-5-3-4-16(12-18)13-19-20-15(2)21/h3-9,12-13H,10-11H2,1-2H3,(H,20,21). The van der Waals surface area contributed by atoms with Gasteiger partial charge in [-0.15, -0.1) is 0 Å². The Balaban J connectivity index is 1.78. The number of carbonyl (C=O) groups excluding carboxylic acids is 1. The maximum atomic E-state index is 10.7. The highest BCUT2D eigenvalue weighted by molar-refractivity contribution is 5.82. The van der Waals surface area contributed by atoms with Crippen LogP contribution in [0.1, 0.15) is 18.1 Å². The molecule has 0 fully saturated rings. The molecule has 5 nitrogen and oxygen atoms in total. The molecule has 5 heteroatoms. The van der Waals surface area contributed by atoms with Gasteiger partial charge >= 0.3 is 0 Å². The normalized spacial score (nSPS) is 10.5. The van der Waals surface area contributed by atoms with Crippen molar-refractivity contribution in [1.29, 1.82) is 0 Å². The van der Waals surface area contributed by atoms with Crippen molar-refractivity contribution in [3.05, 3.63) is 59.7 Å². The minimum absolute atomic E-state index is 0.207. The number of benzene rings is 2. The SMILES string of the molecule is CC(=O)NN=Cc1cccc(OCCOc2ccc(C)cc2)c1. The Labute approximate surface area is 135 Å². The molecule has 2 aromatic rings. The number of carbonyl (C=O) groups is 1. The van der Waals surface area contributed by atoms with Crippen molar-refractivity contribution in [3.8, 4) is 11.5 Å². The van der Waals surface area contributed by atoms with Crippen LogP contribution in [-0.2, 0) is 4.79 Å². The van der Waals surface area contributed by atoms with Crippen molar-refractivity contribution in [2.45, 2.75) is 13.8 Å². The van der Waals surface area contributed by atoms with Gasteiger partial charge in [-0.3, -0.25) is 4.79 Å². The third-order valence-electron chi connectivity index (χ3n) is 2.94. The van der Waals surface area contributed by atoms with Crippen LogP contribution < -0.4 is 14.9 Å². The fourth-order valence-corrected chi connectivity index (χ4v) is 1.84. The number of nitrogens with one attached hydrogen (secondary N) is 1. The van der Waals surface area contributed by atoms with Gasteiger partial charge in [0.2, 0.25) is 5.91 Å². The molecule has 0 aliphatic rings. The van der Waals surface area contributed by atoms with Crippen molar-refractivity contribution in [2.24, 2.45) is 5.10 Å². The lowest BCUT2D eigenvalue weighted by molar-refractivity contribution is -0.118. The Morgan fingerprint density at radius 3 is 2.48 bits per heavy atom. The van der Waals surface area contributed by atoms with E-state index in [2.05, 4.69) is 10.5 Å². The van der Waals surface area contributed by atoms with Crippen molar-refractivity contribution >= 4 is 12.1 Å². The number of hydrogen-bond acceptors (Lipinski definition) is 4. The summed E-state index contributed by atoms with van der Waals surface area (Å²) in [6, 6.07) is 15.3. The molecular weight excluding hydrogens is 292 g/mol. The number of amides is 1. The fraction of sp³-hybridized carbons (Fsp3) is 0.222. The van der Waals surface area contributed by atoms with Crippen molar-refractivity contribution < 1.29 is 14.3 Å². The van der Waals surface area contributed by atoms with Gasteiger partial charge in [-0.25, -0.2) is 5.43 Å². The summed E-state index contributed by atoms with van der Waals surface area (Å²) in [6.07, 6.45) is 1.57. The molecule has 1 amide bonds. The Morgan fingerprint density at radius 1 is 1.09 bits per heavy atom. The van der Waals surface area contributed by atoms with Crippen LogP contribution in [0.25, 0.3) is 0 Å². The van der Waals surface area contributed by atoms with Crippen LogP contribution in [0.4, 0.5) is 0 Å². The zero-order valence-corrected chi connectivity index (χ0v) is 13.3. The fourth-order valence-electron chi connectivity index (χ4n) is 1.84. The first kappa shape index (κ1) is 16.5. The molecule has 0 spiro atoms. The lowest BCUT2D eigenvalue weighted by Crippen LogP contribution is -2.12. The van der Waals surface area contributed by atoms with Crippen LogP contribution in [-0.4, -0.2) is 25.3 Å². The molecular formula is C18H20N2O3. The second-order valence-corrected chi connectivity index (χ2v) is 5.01. The van der Waals surface area contributed by atoms with Crippen LogP contribution in [0.2, 0.25) is 0 Å². The lowest BCUT2D eigenvalue weighted by Gasteiger charge is -2.09. The van der Waals surface area contributed by atoms with Gasteiger partial charge in [0.1, 0.15) is 24.7 Å². The summed E-state index contributed by atoms with van der Waals surface area (Å²) in [7, 11) is 0. The summed E-state index contributed by atoms with van der Waals surface area (Å²) in [5.74, 6) is 1.35. The molecule has 0 saturated heterocycles. The highest BCUT2D eigenvalue weighted by atomic mass is 16.5. The van der Waals surface area contributed by atoms with E-state index in [1.54, 1.807) is 6.21 Å². The molecule has 0 unspecified atom stereocenters. The zero-order chi connectivity index (χ0) is 16.5. The number of rotatable bonds is 7. The summed E-state index contributed by atoms with van der Waals surface area (Å²) in [6.45, 7) is 4.35. The average Bonchev–Trinajstić information content (AvgIpc) is 2.53. The molecule has 0 aliphatic carbocycles. The number of ether oxygens (including phenoxy) is 2. The first-order valence-corrected chi connectivity index (χ1v) is 7.35. The molecule has 1 N–H and O–H groups in total. The van der Waals surface area contributed by atoms with Gasteiger partial charge in [0.25, 0.3) is 0 Å². The molecule has 2 aromatic carbocycles. The van der Waals surface area contributed by atoms with Crippen LogP contribution in [0, 0.1) is 6.92 Å². The second kappa shape index (κ2) is 8.58. The van der Waals surface area contributed by atoms with Crippen LogP contribution in [0.15, 0.2) is 53.6 Å². The topological polar surface area (TPSA) is 59.9 Å². The highest BCUT2D eigenvalue weighted by Gasteiger charge is 1.97. The summed E-state index contributed by atoms with van der Waals surface area (Å²) >= 11 is 0. The van der Waals surface area contributed by atoms with E-state index in [-0.39, 0.29) is 5.91 Å². The largest absolute Gasteiger partial charge is 0.490 e. The summed E-state index contributed by atoms with van der Waals surface area (Å²) in [5.41, 5.74) is 4.40. The lowest BCUT2D eigenvalue weighted by atomic mass is 10.2. The molecule has 0 aliphatic heterocycles. The molecule has 0 bridgehead atoms. The molecule has 120 valence electrons. The molecule has 0 saturated carbocycles. The van der Waals surface area contributed by atoms with Crippen molar-refractivity contribution in [3.63, 3.8) is 0 Å². The summed E-state index contributed by atoms with van der Waals surface area (Å²) in [4.78, 5) is 10.7. The average molecular weight is 312 g/mol.